The Bertz CT molecular complexity index is 471. The SMILES string of the molecule is O=C(CCC(F)(F)F)Nc1ccc2c(c1)NCCC2. The summed E-state index contributed by atoms with van der Waals surface area (Å²) < 4.78 is 36.0. The van der Waals surface area contributed by atoms with Crippen molar-refractivity contribution in [3.63, 3.8) is 0 Å². The normalized spacial score (nSPS) is 14.5. The van der Waals surface area contributed by atoms with Crippen molar-refractivity contribution < 1.29 is 18.0 Å². The van der Waals surface area contributed by atoms with Gasteiger partial charge in [0, 0.05) is 24.3 Å². The molecule has 1 aliphatic heterocycles. The molecule has 0 radical (unpaired) electrons. The van der Waals surface area contributed by atoms with Crippen LogP contribution in [0, 0.1) is 0 Å². The van der Waals surface area contributed by atoms with E-state index in [1.165, 1.54) is 5.56 Å². The van der Waals surface area contributed by atoms with E-state index >= 15 is 0 Å². The minimum absolute atomic E-state index is 0.528. The van der Waals surface area contributed by atoms with Gasteiger partial charge in [-0.05, 0) is 30.5 Å². The fourth-order valence-electron chi connectivity index (χ4n) is 2.02. The van der Waals surface area contributed by atoms with Gasteiger partial charge in [0.05, 0.1) is 6.42 Å². The summed E-state index contributed by atoms with van der Waals surface area (Å²) in [7, 11) is 0. The average Bonchev–Trinajstić information content (AvgIpc) is 2.35. The molecule has 0 spiro atoms. The molecular formula is C13H15F3N2O. The Kier molecular flexibility index (Phi) is 3.97. The zero-order valence-corrected chi connectivity index (χ0v) is 10.3. The molecule has 3 nitrogen and oxygen atoms in total. The van der Waals surface area contributed by atoms with Crippen LogP contribution in [0.4, 0.5) is 24.5 Å². The molecule has 104 valence electrons. The highest BCUT2D eigenvalue weighted by Crippen LogP contribution is 2.26. The van der Waals surface area contributed by atoms with E-state index in [4.69, 9.17) is 0 Å². The molecule has 0 saturated carbocycles. The summed E-state index contributed by atoms with van der Waals surface area (Å²) in [6.07, 6.45) is -3.90. The first kappa shape index (κ1) is 13.7. The standard InChI is InChI=1S/C13H15F3N2O/c14-13(15,16)6-5-12(19)18-10-4-3-9-2-1-7-17-11(9)8-10/h3-4,8,17H,1-2,5-7H2,(H,18,19). The smallest absolute Gasteiger partial charge is 0.385 e. The third kappa shape index (κ3) is 4.15. The first-order valence-electron chi connectivity index (χ1n) is 6.17. The van der Waals surface area contributed by atoms with Crippen LogP contribution < -0.4 is 10.6 Å². The van der Waals surface area contributed by atoms with Gasteiger partial charge >= 0.3 is 6.18 Å². The maximum Gasteiger partial charge on any atom is 0.389 e. The van der Waals surface area contributed by atoms with Gasteiger partial charge in [-0.3, -0.25) is 4.79 Å². The lowest BCUT2D eigenvalue weighted by Gasteiger charge is -2.19. The Labute approximate surface area is 109 Å². The number of carbonyl (C=O) groups is 1. The predicted molar refractivity (Wildman–Crippen MR) is 67.2 cm³/mol. The lowest BCUT2D eigenvalue weighted by Crippen LogP contribution is -2.17. The van der Waals surface area contributed by atoms with Crippen molar-refractivity contribution in [2.24, 2.45) is 0 Å². The van der Waals surface area contributed by atoms with Crippen LogP contribution in [0.5, 0.6) is 0 Å². The molecule has 1 aromatic carbocycles. The lowest BCUT2D eigenvalue weighted by molar-refractivity contribution is -0.142. The molecule has 0 unspecified atom stereocenters. The van der Waals surface area contributed by atoms with Gasteiger partial charge in [-0.1, -0.05) is 6.07 Å². The number of benzene rings is 1. The highest BCUT2D eigenvalue weighted by molar-refractivity contribution is 5.91. The van der Waals surface area contributed by atoms with Gasteiger partial charge in [0.1, 0.15) is 0 Å². The van der Waals surface area contributed by atoms with Crippen LogP contribution in [-0.4, -0.2) is 18.6 Å². The molecule has 0 saturated heterocycles. The largest absolute Gasteiger partial charge is 0.389 e. The Morgan fingerprint density at radius 3 is 2.89 bits per heavy atom. The number of hydrogen-bond donors (Lipinski definition) is 2. The molecule has 1 amide bonds. The van der Waals surface area contributed by atoms with Gasteiger partial charge in [0.15, 0.2) is 0 Å². The Balaban J connectivity index is 1.94. The van der Waals surface area contributed by atoms with Gasteiger partial charge in [-0.2, -0.15) is 13.2 Å². The minimum Gasteiger partial charge on any atom is -0.385 e. The second-order valence-corrected chi connectivity index (χ2v) is 4.57. The van der Waals surface area contributed by atoms with Gasteiger partial charge in [-0.25, -0.2) is 0 Å². The van der Waals surface area contributed by atoms with Crippen molar-refractivity contribution in [2.45, 2.75) is 31.9 Å². The molecule has 0 fully saturated rings. The number of hydrogen-bond acceptors (Lipinski definition) is 2. The van der Waals surface area contributed by atoms with Gasteiger partial charge < -0.3 is 10.6 Å². The second-order valence-electron chi connectivity index (χ2n) is 4.57. The summed E-state index contributed by atoms with van der Waals surface area (Å²) >= 11 is 0. The topological polar surface area (TPSA) is 41.1 Å². The number of rotatable bonds is 3. The maximum atomic E-state index is 12.0. The number of halogens is 3. The molecule has 0 bridgehead atoms. The number of alkyl halides is 3. The summed E-state index contributed by atoms with van der Waals surface area (Å²) in [5.41, 5.74) is 2.64. The third-order valence-electron chi connectivity index (χ3n) is 2.97. The molecule has 2 rings (SSSR count). The quantitative estimate of drug-likeness (QED) is 0.886. The molecule has 1 aromatic rings. The summed E-state index contributed by atoms with van der Waals surface area (Å²) in [6.45, 7) is 0.873. The maximum absolute atomic E-state index is 12.0. The van der Waals surface area contributed by atoms with Crippen LogP contribution in [0.1, 0.15) is 24.8 Å². The summed E-state index contributed by atoms with van der Waals surface area (Å²) in [5.74, 6) is -0.618. The molecule has 0 atom stereocenters. The first-order chi connectivity index (χ1) is 8.94. The fraction of sp³-hybridized carbons (Fsp3) is 0.462. The van der Waals surface area contributed by atoms with E-state index in [-0.39, 0.29) is 0 Å². The highest BCUT2D eigenvalue weighted by Gasteiger charge is 2.27. The van der Waals surface area contributed by atoms with E-state index in [9.17, 15) is 18.0 Å². The monoisotopic (exact) mass is 272 g/mol. The molecule has 19 heavy (non-hydrogen) atoms. The van der Waals surface area contributed by atoms with Crippen molar-refractivity contribution in [3.05, 3.63) is 23.8 Å². The lowest BCUT2D eigenvalue weighted by atomic mass is 10.0. The zero-order chi connectivity index (χ0) is 13.9. The van der Waals surface area contributed by atoms with Crippen molar-refractivity contribution in [2.75, 3.05) is 17.2 Å². The van der Waals surface area contributed by atoms with Crippen LogP contribution in [0.3, 0.4) is 0 Å². The number of anilines is 2. The summed E-state index contributed by atoms with van der Waals surface area (Å²) in [4.78, 5) is 11.4. The van der Waals surface area contributed by atoms with E-state index in [0.717, 1.165) is 25.1 Å². The number of fused-ring (bicyclic) bond motifs is 1. The van der Waals surface area contributed by atoms with E-state index in [0.29, 0.717) is 5.69 Å². The molecule has 0 aromatic heterocycles. The Morgan fingerprint density at radius 1 is 1.37 bits per heavy atom. The van der Waals surface area contributed by atoms with E-state index in [1.807, 2.05) is 6.07 Å². The van der Waals surface area contributed by atoms with Gasteiger partial charge in [0.2, 0.25) is 5.91 Å². The van der Waals surface area contributed by atoms with E-state index in [2.05, 4.69) is 10.6 Å². The zero-order valence-electron chi connectivity index (χ0n) is 10.3. The predicted octanol–water partition coefficient (Wildman–Crippen LogP) is 3.33. The van der Waals surface area contributed by atoms with Crippen LogP contribution in [0.2, 0.25) is 0 Å². The van der Waals surface area contributed by atoms with Crippen molar-refractivity contribution in [3.8, 4) is 0 Å². The van der Waals surface area contributed by atoms with Crippen LogP contribution in [0.15, 0.2) is 18.2 Å². The Hall–Kier alpha value is -1.72. The summed E-state index contributed by atoms with van der Waals surface area (Å²) in [5, 5.41) is 5.69. The molecule has 1 heterocycles. The number of carbonyl (C=O) groups excluding carboxylic acids is 1. The number of amides is 1. The molecular weight excluding hydrogens is 257 g/mol. The highest BCUT2D eigenvalue weighted by atomic mass is 19.4. The van der Waals surface area contributed by atoms with E-state index < -0.39 is 24.9 Å². The third-order valence-corrected chi connectivity index (χ3v) is 2.97. The molecule has 6 heteroatoms. The summed E-state index contributed by atoms with van der Waals surface area (Å²) in [6, 6.07) is 5.37. The molecule has 0 aliphatic carbocycles. The van der Waals surface area contributed by atoms with Gasteiger partial charge in [0.25, 0.3) is 0 Å². The average molecular weight is 272 g/mol. The van der Waals surface area contributed by atoms with Crippen LogP contribution >= 0.6 is 0 Å². The van der Waals surface area contributed by atoms with Crippen molar-refractivity contribution in [1.82, 2.24) is 0 Å². The van der Waals surface area contributed by atoms with Crippen LogP contribution in [0.25, 0.3) is 0 Å². The first-order valence-corrected chi connectivity index (χ1v) is 6.17. The molecule has 2 N–H and O–H groups in total. The Morgan fingerprint density at radius 2 is 2.16 bits per heavy atom. The minimum atomic E-state index is -4.30. The van der Waals surface area contributed by atoms with E-state index in [1.54, 1.807) is 12.1 Å². The second kappa shape index (κ2) is 5.50. The number of nitrogens with one attached hydrogen (secondary N) is 2. The van der Waals surface area contributed by atoms with Crippen LogP contribution in [-0.2, 0) is 11.2 Å². The van der Waals surface area contributed by atoms with Crippen molar-refractivity contribution >= 4 is 17.3 Å². The number of aryl methyl sites for hydroxylation is 1. The van der Waals surface area contributed by atoms with Gasteiger partial charge in [-0.15, -0.1) is 0 Å². The molecule has 1 aliphatic rings. The van der Waals surface area contributed by atoms with Crippen molar-refractivity contribution in [1.29, 1.82) is 0 Å². The fourth-order valence-corrected chi connectivity index (χ4v) is 2.02.